The molecule has 0 saturated carbocycles. The quantitative estimate of drug-likeness (QED) is 0.411. The van der Waals surface area contributed by atoms with Crippen LogP contribution in [0.1, 0.15) is 6.92 Å². The van der Waals surface area contributed by atoms with Gasteiger partial charge in [0.15, 0.2) is 0 Å². The Morgan fingerprint density at radius 2 is 1.43 bits per heavy atom. The molecule has 1 radical (unpaired) electrons. The van der Waals surface area contributed by atoms with Gasteiger partial charge in [0.25, 0.3) is 5.97 Å². The monoisotopic (exact) mass is 115 g/mol. The fraction of sp³-hybridized carbons (Fsp3) is 0.667. The van der Waals surface area contributed by atoms with Crippen LogP contribution in [0.3, 0.4) is 0 Å². The van der Waals surface area contributed by atoms with Crippen LogP contribution in [0.4, 0.5) is 0 Å². The summed E-state index contributed by atoms with van der Waals surface area (Å²) in [6, 6.07) is 0. The largest absolute Gasteiger partial charge is 0.481 e. The minimum absolute atomic E-state index is 0. The van der Waals surface area contributed by atoms with Crippen LogP contribution in [0, 0.1) is 0 Å². The first kappa shape index (κ1) is 15.7. The molecule has 0 aliphatic carbocycles. The van der Waals surface area contributed by atoms with Crippen LogP contribution in [0.15, 0.2) is 0 Å². The number of carboxylic acids is 1. The van der Waals surface area contributed by atoms with E-state index in [0.717, 1.165) is 14.0 Å². The second kappa shape index (κ2) is 16.1. The van der Waals surface area contributed by atoms with Crippen LogP contribution in [0.2, 0.25) is 0 Å². The van der Waals surface area contributed by atoms with Crippen LogP contribution in [-0.2, 0) is 4.79 Å². The van der Waals surface area contributed by atoms with Crippen molar-refractivity contribution in [2.75, 3.05) is 7.11 Å². The smallest absolute Gasteiger partial charge is 0.300 e. The summed E-state index contributed by atoms with van der Waals surface area (Å²) in [5, 5.41) is 14.4. The Hall–Kier alpha value is 0.430. The molecule has 2 N–H and O–H groups in total. The van der Waals surface area contributed by atoms with E-state index in [2.05, 4.69) is 0 Å². The molecule has 0 saturated heterocycles. The van der Waals surface area contributed by atoms with Crippen molar-refractivity contribution >= 4 is 35.5 Å². The van der Waals surface area contributed by atoms with Gasteiger partial charge in [0, 0.05) is 43.6 Å². The third-order valence-corrected chi connectivity index (χ3v) is 0. The van der Waals surface area contributed by atoms with E-state index in [-0.39, 0.29) is 29.6 Å². The van der Waals surface area contributed by atoms with Crippen LogP contribution >= 0.6 is 0 Å². The molecule has 0 rings (SSSR count). The molecular formula is C3H8NaO3. The van der Waals surface area contributed by atoms with Crippen molar-refractivity contribution in [1.82, 2.24) is 0 Å². The molecule has 0 bridgehead atoms. The summed E-state index contributed by atoms with van der Waals surface area (Å²) >= 11 is 0. The zero-order valence-corrected chi connectivity index (χ0v) is 6.80. The fourth-order valence-electron chi connectivity index (χ4n) is 0. The molecule has 0 amide bonds. The maximum Gasteiger partial charge on any atom is 0.300 e. The maximum absolute atomic E-state index is 9.00. The Bertz CT molecular complexity index is 33.2. The Kier molecular flexibility index (Phi) is 36.0. The number of carbonyl (C=O) groups is 1. The van der Waals surface area contributed by atoms with Crippen LogP contribution in [-0.4, -0.2) is 52.8 Å². The summed E-state index contributed by atoms with van der Waals surface area (Å²) in [5.74, 6) is -0.833. The molecular weight excluding hydrogens is 107 g/mol. The van der Waals surface area contributed by atoms with Gasteiger partial charge < -0.3 is 10.2 Å². The third kappa shape index (κ3) is 682. The molecule has 7 heavy (non-hydrogen) atoms. The Morgan fingerprint density at radius 1 is 1.43 bits per heavy atom. The van der Waals surface area contributed by atoms with E-state index in [0.29, 0.717) is 0 Å². The van der Waals surface area contributed by atoms with E-state index in [1.807, 2.05) is 0 Å². The number of aliphatic hydroxyl groups is 1. The van der Waals surface area contributed by atoms with E-state index >= 15 is 0 Å². The molecule has 0 fully saturated rings. The Morgan fingerprint density at radius 3 is 1.43 bits per heavy atom. The van der Waals surface area contributed by atoms with Crippen LogP contribution < -0.4 is 0 Å². The first-order chi connectivity index (χ1) is 2.73. The molecule has 0 aromatic carbocycles. The van der Waals surface area contributed by atoms with Crippen LogP contribution in [0.25, 0.3) is 0 Å². The van der Waals surface area contributed by atoms with Gasteiger partial charge >= 0.3 is 0 Å². The summed E-state index contributed by atoms with van der Waals surface area (Å²) in [6.45, 7) is 1.08. The molecule has 0 aliphatic rings. The van der Waals surface area contributed by atoms with E-state index in [1.165, 1.54) is 0 Å². The fourth-order valence-corrected chi connectivity index (χ4v) is 0. The molecule has 0 spiro atoms. The van der Waals surface area contributed by atoms with E-state index < -0.39 is 5.97 Å². The standard InChI is InChI=1S/C2H4O2.CH4O.Na/c1-2(3)4;1-2;/h1H3,(H,3,4);2H,1H3;. The zero-order chi connectivity index (χ0) is 5.58. The number of carboxylic acid groups (broad SMARTS) is 1. The van der Waals surface area contributed by atoms with Gasteiger partial charge in [-0.15, -0.1) is 0 Å². The predicted octanol–water partition coefficient (Wildman–Crippen LogP) is -0.681. The summed E-state index contributed by atoms with van der Waals surface area (Å²) in [5.41, 5.74) is 0. The number of hydrogen-bond donors (Lipinski definition) is 2. The maximum atomic E-state index is 9.00. The summed E-state index contributed by atoms with van der Waals surface area (Å²) in [4.78, 5) is 9.00. The topological polar surface area (TPSA) is 57.5 Å². The summed E-state index contributed by atoms with van der Waals surface area (Å²) in [7, 11) is 1.00. The average molecular weight is 115 g/mol. The molecule has 0 atom stereocenters. The van der Waals surface area contributed by atoms with Crippen molar-refractivity contribution in [3.63, 3.8) is 0 Å². The van der Waals surface area contributed by atoms with Gasteiger partial charge in [-0.1, -0.05) is 0 Å². The first-order valence-corrected chi connectivity index (χ1v) is 1.37. The van der Waals surface area contributed by atoms with Crippen molar-refractivity contribution in [2.45, 2.75) is 6.92 Å². The minimum Gasteiger partial charge on any atom is -0.481 e. The van der Waals surface area contributed by atoms with Gasteiger partial charge in [-0.25, -0.2) is 0 Å². The van der Waals surface area contributed by atoms with Gasteiger partial charge in [0.05, 0.1) is 0 Å². The van der Waals surface area contributed by atoms with Gasteiger partial charge in [-0.3, -0.25) is 4.79 Å². The Balaban J connectivity index is -0.0000000480. The molecule has 0 aromatic heterocycles. The number of aliphatic hydroxyl groups excluding tert-OH is 1. The SMILES string of the molecule is CC(=O)O.CO.[Na]. The van der Waals surface area contributed by atoms with Gasteiger partial charge in [0.2, 0.25) is 0 Å². The number of hydrogen-bond acceptors (Lipinski definition) is 2. The molecule has 0 heterocycles. The molecule has 0 aromatic rings. The normalized spacial score (nSPS) is 4.43. The summed E-state index contributed by atoms with van der Waals surface area (Å²) in [6.07, 6.45) is 0. The molecule has 4 heteroatoms. The first-order valence-electron chi connectivity index (χ1n) is 1.37. The van der Waals surface area contributed by atoms with E-state index in [9.17, 15) is 0 Å². The van der Waals surface area contributed by atoms with Crippen LogP contribution in [0.5, 0.6) is 0 Å². The molecule has 0 aliphatic heterocycles. The molecule has 39 valence electrons. The average Bonchev–Trinajstić information content (AvgIpc) is 1.41. The predicted molar refractivity (Wildman–Crippen MR) is 27.2 cm³/mol. The second-order valence-corrected chi connectivity index (χ2v) is 0.519. The zero-order valence-electron chi connectivity index (χ0n) is 4.80. The van der Waals surface area contributed by atoms with Gasteiger partial charge in [-0.05, 0) is 0 Å². The number of aliphatic carboxylic acids is 1. The van der Waals surface area contributed by atoms with Gasteiger partial charge in [0.1, 0.15) is 0 Å². The van der Waals surface area contributed by atoms with Crippen molar-refractivity contribution in [3.8, 4) is 0 Å². The van der Waals surface area contributed by atoms with E-state index in [1.54, 1.807) is 0 Å². The van der Waals surface area contributed by atoms with Crippen molar-refractivity contribution in [1.29, 1.82) is 0 Å². The Labute approximate surface area is 64.6 Å². The van der Waals surface area contributed by atoms with Crippen molar-refractivity contribution < 1.29 is 15.0 Å². The van der Waals surface area contributed by atoms with Crippen molar-refractivity contribution in [3.05, 3.63) is 0 Å². The number of rotatable bonds is 0. The summed E-state index contributed by atoms with van der Waals surface area (Å²) < 4.78 is 0. The van der Waals surface area contributed by atoms with Gasteiger partial charge in [-0.2, -0.15) is 0 Å². The van der Waals surface area contributed by atoms with Crippen molar-refractivity contribution in [2.24, 2.45) is 0 Å². The third-order valence-electron chi connectivity index (χ3n) is 0. The van der Waals surface area contributed by atoms with E-state index in [4.69, 9.17) is 15.0 Å². The second-order valence-electron chi connectivity index (χ2n) is 0.519. The molecule has 3 nitrogen and oxygen atoms in total. The molecule has 0 unspecified atom stereocenters. The minimum atomic E-state index is -0.833.